The van der Waals surface area contributed by atoms with E-state index in [1.807, 2.05) is 72.6 Å². The van der Waals surface area contributed by atoms with Crippen molar-refractivity contribution in [3.05, 3.63) is 66.1 Å². The molecule has 1 aromatic carbocycles. The van der Waals surface area contributed by atoms with Gasteiger partial charge < -0.3 is 15.5 Å². The summed E-state index contributed by atoms with van der Waals surface area (Å²) in [5.74, 6) is 0.288. The Balaban J connectivity index is 1.49. The second kappa shape index (κ2) is 10.1. The number of piperidine rings is 1. The zero-order valence-electron chi connectivity index (χ0n) is 21.4. The average Bonchev–Trinajstić information content (AvgIpc) is 3.33. The van der Waals surface area contributed by atoms with Gasteiger partial charge in [0.1, 0.15) is 5.82 Å². The first-order valence-electron chi connectivity index (χ1n) is 12.5. The van der Waals surface area contributed by atoms with Crippen molar-refractivity contribution in [3.8, 4) is 22.4 Å². The Morgan fingerprint density at radius 1 is 1.03 bits per heavy atom. The Labute approximate surface area is 215 Å². The van der Waals surface area contributed by atoms with Gasteiger partial charge in [-0.15, -0.1) is 0 Å². The first-order valence-corrected chi connectivity index (χ1v) is 12.5. The van der Waals surface area contributed by atoms with Crippen LogP contribution in [0.3, 0.4) is 0 Å². The van der Waals surface area contributed by atoms with Gasteiger partial charge in [-0.05, 0) is 39.9 Å². The van der Waals surface area contributed by atoms with Crippen molar-refractivity contribution < 1.29 is 9.59 Å². The predicted molar refractivity (Wildman–Crippen MR) is 143 cm³/mol. The van der Waals surface area contributed by atoms with E-state index in [-0.39, 0.29) is 17.6 Å². The van der Waals surface area contributed by atoms with Crippen LogP contribution in [-0.4, -0.2) is 74.8 Å². The van der Waals surface area contributed by atoms with Crippen LogP contribution in [0.1, 0.15) is 41.7 Å². The second-order valence-corrected chi connectivity index (χ2v) is 9.80. The van der Waals surface area contributed by atoms with Crippen molar-refractivity contribution in [2.24, 2.45) is 0 Å². The highest BCUT2D eigenvalue weighted by Gasteiger charge is 2.30. The Bertz CT molecular complexity index is 1440. The van der Waals surface area contributed by atoms with Crippen molar-refractivity contribution in [3.63, 3.8) is 0 Å². The highest BCUT2D eigenvalue weighted by Crippen LogP contribution is 2.35. The quantitative estimate of drug-likeness (QED) is 0.406. The Morgan fingerprint density at radius 2 is 1.76 bits per heavy atom. The molecule has 0 unspecified atom stereocenters. The maximum Gasteiger partial charge on any atom is 0.236 e. The molecular weight excluding hydrogens is 466 g/mol. The number of nitrogens with zero attached hydrogens (tertiary/aromatic N) is 6. The molecule has 9 nitrogen and oxygen atoms in total. The molecule has 1 saturated heterocycles. The van der Waals surface area contributed by atoms with E-state index in [1.54, 1.807) is 6.20 Å². The number of benzene rings is 1. The molecule has 3 aromatic heterocycles. The minimum Gasteiger partial charge on any atom is -0.383 e. The van der Waals surface area contributed by atoms with Gasteiger partial charge in [0.05, 0.1) is 29.7 Å². The van der Waals surface area contributed by atoms with Crippen molar-refractivity contribution in [2.45, 2.75) is 25.7 Å². The Morgan fingerprint density at radius 3 is 2.38 bits per heavy atom. The fraction of sp³-hybridized carbons (Fsp3) is 0.321. The van der Waals surface area contributed by atoms with Gasteiger partial charge in [0, 0.05) is 41.9 Å². The highest BCUT2D eigenvalue weighted by molar-refractivity contribution is 6.00. The third-order valence-electron chi connectivity index (χ3n) is 6.89. The van der Waals surface area contributed by atoms with Crippen molar-refractivity contribution in [1.82, 2.24) is 29.4 Å². The summed E-state index contributed by atoms with van der Waals surface area (Å²) in [6.07, 6.45) is 4.97. The molecule has 0 radical (unpaired) electrons. The van der Waals surface area contributed by atoms with E-state index in [0.29, 0.717) is 42.4 Å². The number of amides is 1. The van der Waals surface area contributed by atoms with E-state index < -0.39 is 0 Å². The number of Topliss-reactive ketones (excluding diaryl/α,β-unsaturated/α-hetero) is 1. The molecule has 37 heavy (non-hydrogen) atoms. The number of ketones is 1. The van der Waals surface area contributed by atoms with E-state index in [9.17, 15) is 9.59 Å². The van der Waals surface area contributed by atoms with Gasteiger partial charge in [-0.1, -0.05) is 36.4 Å². The van der Waals surface area contributed by atoms with Crippen LogP contribution in [0.2, 0.25) is 0 Å². The van der Waals surface area contributed by atoms with Crippen LogP contribution in [0, 0.1) is 0 Å². The smallest absolute Gasteiger partial charge is 0.236 e. The van der Waals surface area contributed by atoms with E-state index >= 15 is 0 Å². The number of aromatic nitrogens is 4. The van der Waals surface area contributed by atoms with Crippen molar-refractivity contribution >= 4 is 23.2 Å². The van der Waals surface area contributed by atoms with Crippen LogP contribution in [0.4, 0.5) is 5.82 Å². The van der Waals surface area contributed by atoms with Gasteiger partial charge >= 0.3 is 0 Å². The second-order valence-electron chi connectivity index (χ2n) is 9.80. The predicted octanol–water partition coefficient (Wildman–Crippen LogP) is 3.51. The number of hydrogen-bond acceptors (Lipinski definition) is 7. The molecule has 0 atom stereocenters. The SMILES string of the molecule is CC(=O)c1c(C2CCN(C(=O)CN(C)C)CC2)nc2c(-c3ccc(-c4ccccc4)nc3)cnn2c1N. The molecule has 1 amide bonds. The van der Waals surface area contributed by atoms with Gasteiger partial charge in [-0.3, -0.25) is 14.6 Å². The summed E-state index contributed by atoms with van der Waals surface area (Å²) in [5, 5.41) is 4.46. The molecule has 0 saturated carbocycles. The summed E-state index contributed by atoms with van der Waals surface area (Å²) in [7, 11) is 3.78. The number of hydrogen-bond donors (Lipinski definition) is 1. The summed E-state index contributed by atoms with van der Waals surface area (Å²) in [5.41, 5.74) is 11.8. The fourth-order valence-electron chi connectivity index (χ4n) is 5.00. The third-order valence-corrected chi connectivity index (χ3v) is 6.89. The molecule has 9 heteroatoms. The number of pyridine rings is 1. The van der Waals surface area contributed by atoms with Gasteiger partial charge in [0.2, 0.25) is 5.91 Å². The summed E-state index contributed by atoms with van der Waals surface area (Å²) >= 11 is 0. The Hall–Kier alpha value is -4.11. The monoisotopic (exact) mass is 497 g/mol. The van der Waals surface area contributed by atoms with Crippen LogP contribution in [0.5, 0.6) is 0 Å². The molecular formula is C28H31N7O2. The Kier molecular flexibility index (Phi) is 6.71. The lowest BCUT2D eigenvalue weighted by molar-refractivity contribution is -0.132. The lowest BCUT2D eigenvalue weighted by Gasteiger charge is -2.33. The van der Waals surface area contributed by atoms with Gasteiger partial charge in [0.25, 0.3) is 0 Å². The number of fused-ring (bicyclic) bond motifs is 1. The molecule has 190 valence electrons. The highest BCUT2D eigenvalue weighted by atomic mass is 16.2. The molecule has 0 bridgehead atoms. The topological polar surface area (TPSA) is 110 Å². The van der Waals surface area contributed by atoms with Crippen molar-refractivity contribution in [1.29, 1.82) is 0 Å². The van der Waals surface area contributed by atoms with E-state index in [2.05, 4.69) is 10.1 Å². The minimum atomic E-state index is -0.140. The number of carbonyl (C=O) groups is 2. The molecule has 1 fully saturated rings. The number of carbonyl (C=O) groups excluding carboxylic acids is 2. The minimum absolute atomic E-state index is 0.0240. The van der Waals surface area contributed by atoms with E-state index in [0.717, 1.165) is 35.2 Å². The lowest BCUT2D eigenvalue weighted by atomic mass is 9.89. The van der Waals surface area contributed by atoms with E-state index in [4.69, 9.17) is 10.7 Å². The molecule has 5 rings (SSSR count). The van der Waals surface area contributed by atoms with Gasteiger partial charge in [0.15, 0.2) is 11.4 Å². The largest absolute Gasteiger partial charge is 0.383 e. The first kappa shape index (κ1) is 24.6. The zero-order valence-corrected chi connectivity index (χ0v) is 21.4. The molecule has 4 heterocycles. The standard InChI is InChI=1S/C28H31N7O2/c1-18(36)25-26(20-11-13-34(14-12-20)24(37)17-33(2)3)32-28-22(16-31-35(28)27(25)29)21-9-10-23(30-15-21)19-7-5-4-6-8-19/h4-10,15-16,20H,11-14,17,29H2,1-3H3. The zero-order chi connectivity index (χ0) is 26.1. The number of anilines is 1. The van der Waals surface area contributed by atoms with Crippen LogP contribution in [0.15, 0.2) is 54.9 Å². The summed E-state index contributed by atoms with van der Waals surface area (Å²) in [6, 6.07) is 14.0. The number of nitrogens with two attached hydrogens (primary N) is 1. The molecule has 1 aliphatic rings. The molecule has 0 aliphatic carbocycles. The maximum absolute atomic E-state index is 12.7. The van der Waals surface area contributed by atoms with Crippen LogP contribution in [0.25, 0.3) is 28.0 Å². The van der Waals surface area contributed by atoms with Crippen LogP contribution in [-0.2, 0) is 4.79 Å². The van der Waals surface area contributed by atoms with Gasteiger partial charge in [-0.25, -0.2) is 4.98 Å². The van der Waals surface area contributed by atoms with Gasteiger partial charge in [-0.2, -0.15) is 9.61 Å². The number of rotatable bonds is 6. The molecule has 2 N–H and O–H groups in total. The first-order chi connectivity index (χ1) is 17.8. The number of likely N-dealkylation sites (N-methyl/N-ethyl adjacent to an activating group) is 1. The molecule has 1 aliphatic heterocycles. The van der Waals surface area contributed by atoms with Crippen molar-refractivity contribution in [2.75, 3.05) is 39.5 Å². The summed E-state index contributed by atoms with van der Waals surface area (Å²) in [4.78, 5) is 38.6. The number of likely N-dealkylation sites (tertiary alicyclic amines) is 1. The van der Waals surface area contributed by atoms with E-state index in [1.165, 1.54) is 11.4 Å². The molecule has 0 spiro atoms. The molecule has 4 aromatic rings. The third kappa shape index (κ3) is 4.82. The summed E-state index contributed by atoms with van der Waals surface area (Å²) in [6.45, 7) is 3.14. The number of nitrogen functional groups attached to an aromatic ring is 1. The fourth-order valence-corrected chi connectivity index (χ4v) is 5.00. The summed E-state index contributed by atoms with van der Waals surface area (Å²) < 4.78 is 1.54. The lowest BCUT2D eigenvalue weighted by Crippen LogP contribution is -2.42. The average molecular weight is 498 g/mol. The normalized spacial score (nSPS) is 14.4. The van der Waals surface area contributed by atoms with Crippen LogP contribution >= 0.6 is 0 Å². The van der Waals surface area contributed by atoms with Crippen LogP contribution < -0.4 is 5.73 Å². The maximum atomic E-state index is 12.7.